The third-order valence-electron chi connectivity index (χ3n) is 3.50. The third-order valence-corrected chi connectivity index (χ3v) is 3.50. The SMILES string of the molecule is CCN(CCC(O)c1ccc(OC)cc1)C(C)(C)C. The number of hydrogen-bond acceptors (Lipinski definition) is 3. The van der Waals surface area contributed by atoms with E-state index in [9.17, 15) is 5.11 Å². The normalized spacial score (nSPS) is 13.6. The van der Waals surface area contributed by atoms with Crippen molar-refractivity contribution in [3.05, 3.63) is 29.8 Å². The molecule has 0 bridgehead atoms. The Morgan fingerprint density at radius 1 is 1.21 bits per heavy atom. The van der Waals surface area contributed by atoms with E-state index in [4.69, 9.17) is 4.74 Å². The first-order valence-electron chi connectivity index (χ1n) is 6.95. The van der Waals surface area contributed by atoms with Crippen molar-refractivity contribution in [2.24, 2.45) is 0 Å². The molecule has 1 unspecified atom stereocenters. The van der Waals surface area contributed by atoms with Crippen molar-refractivity contribution in [3.8, 4) is 5.75 Å². The van der Waals surface area contributed by atoms with Gasteiger partial charge in [-0.05, 0) is 51.4 Å². The van der Waals surface area contributed by atoms with Crippen LogP contribution in [0.4, 0.5) is 0 Å². The van der Waals surface area contributed by atoms with Crippen molar-refractivity contribution in [3.63, 3.8) is 0 Å². The molecule has 1 aromatic rings. The zero-order valence-electron chi connectivity index (χ0n) is 12.8. The minimum Gasteiger partial charge on any atom is -0.497 e. The summed E-state index contributed by atoms with van der Waals surface area (Å²) in [6, 6.07) is 7.63. The van der Waals surface area contributed by atoms with Crippen LogP contribution in [0, 0.1) is 0 Å². The molecule has 0 aliphatic carbocycles. The Balaban J connectivity index is 2.56. The molecule has 1 rings (SSSR count). The fraction of sp³-hybridized carbons (Fsp3) is 0.625. The van der Waals surface area contributed by atoms with Crippen LogP contribution in [0.2, 0.25) is 0 Å². The summed E-state index contributed by atoms with van der Waals surface area (Å²) in [5.74, 6) is 0.820. The Bertz CT molecular complexity index is 367. The van der Waals surface area contributed by atoms with Crippen molar-refractivity contribution in [2.45, 2.75) is 45.8 Å². The number of ether oxygens (including phenoxy) is 1. The summed E-state index contributed by atoms with van der Waals surface area (Å²) in [6.45, 7) is 10.7. The summed E-state index contributed by atoms with van der Waals surface area (Å²) in [6.07, 6.45) is 0.333. The number of rotatable bonds is 6. The molecule has 0 heterocycles. The Morgan fingerprint density at radius 2 is 1.79 bits per heavy atom. The zero-order valence-corrected chi connectivity index (χ0v) is 12.8. The maximum absolute atomic E-state index is 10.2. The van der Waals surface area contributed by atoms with Gasteiger partial charge in [0.2, 0.25) is 0 Å². The summed E-state index contributed by atoms with van der Waals surface area (Å²) < 4.78 is 5.12. The van der Waals surface area contributed by atoms with Gasteiger partial charge in [-0.1, -0.05) is 19.1 Å². The molecular weight excluding hydrogens is 238 g/mol. The topological polar surface area (TPSA) is 32.7 Å². The highest BCUT2D eigenvalue weighted by Crippen LogP contribution is 2.22. The van der Waals surface area contributed by atoms with Crippen LogP contribution in [0.3, 0.4) is 0 Å². The van der Waals surface area contributed by atoms with Crippen LogP contribution in [0.5, 0.6) is 5.75 Å². The Morgan fingerprint density at radius 3 is 2.21 bits per heavy atom. The molecule has 1 aromatic carbocycles. The molecule has 0 fully saturated rings. The number of nitrogens with zero attached hydrogens (tertiary/aromatic N) is 1. The monoisotopic (exact) mass is 265 g/mol. The van der Waals surface area contributed by atoms with E-state index in [1.807, 2.05) is 24.3 Å². The number of aliphatic hydroxyl groups is 1. The van der Waals surface area contributed by atoms with E-state index in [2.05, 4.69) is 32.6 Å². The summed E-state index contributed by atoms with van der Waals surface area (Å²) in [5.41, 5.74) is 1.10. The zero-order chi connectivity index (χ0) is 14.5. The van der Waals surface area contributed by atoms with E-state index in [1.165, 1.54) is 0 Å². The largest absolute Gasteiger partial charge is 0.497 e. The third kappa shape index (κ3) is 4.84. The second kappa shape index (κ2) is 6.92. The van der Waals surface area contributed by atoms with Crippen LogP contribution in [0.15, 0.2) is 24.3 Å². The van der Waals surface area contributed by atoms with E-state index in [0.717, 1.165) is 30.8 Å². The van der Waals surface area contributed by atoms with E-state index >= 15 is 0 Å². The smallest absolute Gasteiger partial charge is 0.118 e. The molecule has 0 aliphatic heterocycles. The van der Waals surface area contributed by atoms with E-state index < -0.39 is 6.10 Å². The first-order chi connectivity index (χ1) is 8.88. The lowest BCUT2D eigenvalue weighted by Crippen LogP contribution is -2.42. The van der Waals surface area contributed by atoms with Gasteiger partial charge in [0.15, 0.2) is 0 Å². The minimum absolute atomic E-state index is 0.147. The molecule has 0 aliphatic rings. The molecule has 0 amide bonds. The second-order valence-electron chi connectivity index (χ2n) is 5.83. The van der Waals surface area contributed by atoms with Crippen LogP contribution in [-0.2, 0) is 0 Å². The van der Waals surface area contributed by atoms with Crippen molar-refractivity contribution in [1.82, 2.24) is 4.90 Å². The second-order valence-corrected chi connectivity index (χ2v) is 5.83. The average Bonchev–Trinajstić information content (AvgIpc) is 2.37. The maximum atomic E-state index is 10.2. The number of benzene rings is 1. The number of aliphatic hydroxyl groups excluding tert-OH is 1. The number of methoxy groups -OCH3 is 1. The molecule has 0 saturated heterocycles. The maximum Gasteiger partial charge on any atom is 0.118 e. The molecule has 3 nitrogen and oxygen atoms in total. The molecule has 0 aromatic heterocycles. The molecule has 1 atom stereocenters. The van der Waals surface area contributed by atoms with Gasteiger partial charge in [0.1, 0.15) is 5.75 Å². The minimum atomic E-state index is -0.415. The summed E-state index contributed by atoms with van der Waals surface area (Å²) >= 11 is 0. The van der Waals surface area contributed by atoms with Crippen LogP contribution in [0.25, 0.3) is 0 Å². The summed E-state index contributed by atoms with van der Waals surface area (Å²) in [5, 5.41) is 10.2. The molecule has 1 N–H and O–H groups in total. The van der Waals surface area contributed by atoms with Crippen LogP contribution in [-0.4, -0.2) is 35.7 Å². The highest BCUT2D eigenvalue weighted by molar-refractivity contribution is 5.28. The van der Waals surface area contributed by atoms with Gasteiger partial charge in [-0.25, -0.2) is 0 Å². The lowest BCUT2D eigenvalue weighted by molar-refractivity contribution is 0.0997. The van der Waals surface area contributed by atoms with Gasteiger partial charge in [-0.15, -0.1) is 0 Å². The molecule has 0 spiro atoms. The van der Waals surface area contributed by atoms with Crippen LogP contribution >= 0.6 is 0 Å². The van der Waals surface area contributed by atoms with Gasteiger partial charge >= 0.3 is 0 Å². The molecule has 108 valence electrons. The molecular formula is C16H27NO2. The fourth-order valence-corrected chi connectivity index (χ4v) is 2.24. The predicted molar refractivity (Wildman–Crippen MR) is 79.6 cm³/mol. The van der Waals surface area contributed by atoms with Gasteiger partial charge in [0.05, 0.1) is 13.2 Å². The van der Waals surface area contributed by atoms with E-state index in [-0.39, 0.29) is 5.54 Å². The quantitative estimate of drug-likeness (QED) is 0.857. The number of hydrogen-bond donors (Lipinski definition) is 1. The lowest BCUT2D eigenvalue weighted by atomic mass is 10.0. The molecule has 0 saturated carbocycles. The van der Waals surface area contributed by atoms with Crippen LogP contribution in [0.1, 0.15) is 45.8 Å². The molecule has 0 radical (unpaired) electrons. The average molecular weight is 265 g/mol. The summed E-state index contributed by atoms with van der Waals surface area (Å²) in [4.78, 5) is 2.37. The van der Waals surface area contributed by atoms with Gasteiger partial charge in [-0.3, -0.25) is 4.90 Å². The fourth-order valence-electron chi connectivity index (χ4n) is 2.24. The van der Waals surface area contributed by atoms with Crippen molar-refractivity contribution >= 4 is 0 Å². The first kappa shape index (κ1) is 16.0. The van der Waals surface area contributed by atoms with Crippen molar-refractivity contribution in [1.29, 1.82) is 0 Å². The van der Waals surface area contributed by atoms with Crippen LogP contribution < -0.4 is 4.74 Å². The molecule has 19 heavy (non-hydrogen) atoms. The molecule has 3 heteroatoms. The summed E-state index contributed by atoms with van der Waals surface area (Å²) in [7, 11) is 1.65. The lowest BCUT2D eigenvalue weighted by Gasteiger charge is -2.35. The standard InChI is InChI=1S/C16H27NO2/c1-6-17(16(2,3)4)12-11-15(18)13-7-9-14(19-5)10-8-13/h7-10,15,18H,6,11-12H2,1-5H3. The van der Waals surface area contributed by atoms with Gasteiger partial charge in [0, 0.05) is 12.1 Å². The Labute approximate surface area is 117 Å². The Hall–Kier alpha value is -1.06. The van der Waals surface area contributed by atoms with Gasteiger partial charge in [0.25, 0.3) is 0 Å². The van der Waals surface area contributed by atoms with Gasteiger partial charge < -0.3 is 9.84 Å². The predicted octanol–water partition coefficient (Wildman–Crippen LogP) is 3.24. The highest BCUT2D eigenvalue weighted by atomic mass is 16.5. The van der Waals surface area contributed by atoms with Crippen molar-refractivity contribution < 1.29 is 9.84 Å². The Kier molecular flexibility index (Phi) is 5.83. The highest BCUT2D eigenvalue weighted by Gasteiger charge is 2.20. The van der Waals surface area contributed by atoms with E-state index in [1.54, 1.807) is 7.11 Å². The van der Waals surface area contributed by atoms with E-state index in [0.29, 0.717) is 0 Å². The first-order valence-corrected chi connectivity index (χ1v) is 6.95. The van der Waals surface area contributed by atoms with Crippen molar-refractivity contribution in [2.75, 3.05) is 20.2 Å². The van der Waals surface area contributed by atoms with Gasteiger partial charge in [-0.2, -0.15) is 0 Å².